The maximum atomic E-state index is 12.5. The summed E-state index contributed by atoms with van der Waals surface area (Å²) in [5.41, 5.74) is 2.94. The molecule has 1 N–H and O–H groups in total. The first-order valence-corrected chi connectivity index (χ1v) is 9.27. The van der Waals surface area contributed by atoms with Crippen LogP contribution in [0.3, 0.4) is 0 Å². The summed E-state index contributed by atoms with van der Waals surface area (Å²) in [6.45, 7) is 3.72. The Morgan fingerprint density at radius 1 is 1.19 bits per heavy atom. The highest BCUT2D eigenvalue weighted by molar-refractivity contribution is 5.83. The Morgan fingerprint density at radius 2 is 1.96 bits per heavy atom. The first-order chi connectivity index (χ1) is 13.1. The number of pyridine rings is 1. The predicted molar refractivity (Wildman–Crippen MR) is 101 cm³/mol. The van der Waals surface area contributed by atoms with Gasteiger partial charge in [-0.2, -0.15) is 4.98 Å². The molecule has 1 aromatic carbocycles. The van der Waals surface area contributed by atoms with Gasteiger partial charge in [-0.15, -0.1) is 0 Å². The van der Waals surface area contributed by atoms with E-state index in [0.29, 0.717) is 17.6 Å². The van der Waals surface area contributed by atoms with Crippen molar-refractivity contribution in [3.63, 3.8) is 0 Å². The minimum atomic E-state index is -0.366. The lowest BCUT2D eigenvalue weighted by molar-refractivity contribution is -0.123. The molecule has 6 nitrogen and oxygen atoms in total. The zero-order valence-electron chi connectivity index (χ0n) is 15.4. The van der Waals surface area contributed by atoms with Gasteiger partial charge in [0.25, 0.3) is 0 Å². The number of carbonyl (C=O) groups excluding carboxylic acids is 1. The van der Waals surface area contributed by atoms with Crippen molar-refractivity contribution in [2.45, 2.75) is 44.6 Å². The monoisotopic (exact) mass is 362 g/mol. The Kier molecular flexibility index (Phi) is 4.71. The number of hydrogen-bond acceptors (Lipinski definition) is 5. The number of hydrogen-bond donors (Lipinski definition) is 1. The maximum Gasteiger partial charge on any atom is 0.249 e. The number of nitrogens with zero attached hydrogens (tertiary/aromatic N) is 3. The molecule has 0 bridgehead atoms. The van der Waals surface area contributed by atoms with Crippen molar-refractivity contribution in [2.24, 2.45) is 0 Å². The number of nitrogens with one attached hydrogen (secondary N) is 1. The highest BCUT2D eigenvalue weighted by atomic mass is 16.5. The van der Waals surface area contributed by atoms with Gasteiger partial charge in [0.15, 0.2) is 0 Å². The minimum absolute atomic E-state index is 0.0756. The molecule has 138 valence electrons. The molecule has 4 rings (SSSR count). The molecule has 27 heavy (non-hydrogen) atoms. The molecular formula is C21H22N4O2. The second kappa shape index (κ2) is 7.31. The number of aromatic nitrogens is 3. The van der Waals surface area contributed by atoms with Crippen LogP contribution in [-0.2, 0) is 4.79 Å². The van der Waals surface area contributed by atoms with Crippen molar-refractivity contribution in [2.75, 3.05) is 0 Å². The molecule has 2 atom stereocenters. The van der Waals surface area contributed by atoms with Crippen molar-refractivity contribution in [3.8, 4) is 11.4 Å². The Labute approximate surface area is 158 Å². The van der Waals surface area contributed by atoms with Gasteiger partial charge in [-0.25, -0.2) is 0 Å². The molecule has 2 heterocycles. The van der Waals surface area contributed by atoms with E-state index in [1.54, 1.807) is 6.20 Å². The van der Waals surface area contributed by atoms with E-state index in [0.717, 1.165) is 16.8 Å². The molecular weight excluding hydrogens is 340 g/mol. The third-order valence-electron chi connectivity index (χ3n) is 4.90. The van der Waals surface area contributed by atoms with Crippen LogP contribution in [0, 0.1) is 0 Å². The lowest BCUT2D eigenvalue weighted by atomic mass is 10.0. The molecule has 0 aliphatic heterocycles. The molecule has 1 saturated carbocycles. The van der Waals surface area contributed by atoms with Gasteiger partial charge in [-0.3, -0.25) is 9.78 Å². The van der Waals surface area contributed by atoms with E-state index >= 15 is 0 Å². The van der Waals surface area contributed by atoms with Crippen LogP contribution in [0.15, 0.2) is 53.2 Å². The molecule has 1 aliphatic rings. The van der Waals surface area contributed by atoms with E-state index in [1.807, 2.05) is 56.3 Å². The Balaban J connectivity index is 1.45. The van der Waals surface area contributed by atoms with Crippen LogP contribution in [0.4, 0.5) is 0 Å². The van der Waals surface area contributed by atoms with Gasteiger partial charge < -0.3 is 9.84 Å². The highest BCUT2D eigenvalue weighted by Gasteiger charge is 2.26. The summed E-state index contributed by atoms with van der Waals surface area (Å²) in [6, 6.07) is 13.2. The summed E-state index contributed by atoms with van der Waals surface area (Å²) >= 11 is 0. The predicted octanol–water partition coefficient (Wildman–Crippen LogP) is 3.99. The zero-order chi connectivity index (χ0) is 18.8. The summed E-state index contributed by atoms with van der Waals surface area (Å²) < 4.78 is 5.39. The van der Waals surface area contributed by atoms with Crippen LogP contribution in [0.1, 0.15) is 61.7 Å². The van der Waals surface area contributed by atoms with Gasteiger partial charge >= 0.3 is 0 Å². The molecule has 1 amide bonds. The zero-order valence-corrected chi connectivity index (χ0v) is 15.4. The average Bonchev–Trinajstić information content (AvgIpc) is 3.44. The van der Waals surface area contributed by atoms with Crippen molar-refractivity contribution in [1.82, 2.24) is 20.4 Å². The summed E-state index contributed by atoms with van der Waals surface area (Å²) in [5.74, 6) is 1.15. The van der Waals surface area contributed by atoms with Gasteiger partial charge in [-0.05, 0) is 44.4 Å². The van der Waals surface area contributed by atoms with Gasteiger partial charge in [-0.1, -0.05) is 35.5 Å². The van der Waals surface area contributed by atoms with E-state index < -0.39 is 0 Å². The second-order valence-corrected chi connectivity index (χ2v) is 7.06. The second-order valence-electron chi connectivity index (χ2n) is 7.06. The molecule has 0 saturated heterocycles. The van der Waals surface area contributed by atoms with Crippen LogP contribution in [0.2, 0.25) is 0 Å². The molecule has 0 radical (unpaired) electrons. The van der Waals surface area contributed by atoms with Crippen molar-refractivity contribution in [1.29, 1.82) is 0 Å². The Bertz CT molecular complexity index is 934. The maximum absolute atomic E-state index is 12.5. The van der Waals surface area contributed by atoms with E-state index in [4.69, 9.17) is 4.52 Å². The van der Waals surface area contributed by atoms with E-state index in [-0.39, 0.29) is 17.9 Å². The summed E-state index contributed by atoms with van der Waals surface area (Å²) in [5, 5.41) is 7.02. The third-order valence-corrected chi connectivity index (χ3v) is 4.90. The van der Waals surface area contributed by atoms with E-state index in [9.17, 15) is 4.79 Å². The molecule has 0 spiro atoms. The van der Waals surface area contributed by atoms with Crippen LogP contribution in [0.5, 0.6) is 0 Å². The summed E-state index contributed by atoms with van der Waals surface area (Å²) in [6.07, 6.45) is 4.17. The lowest BCUT2D eigenvalue weighted by Crippen LogP contribution is -2.30. The molecule has 6 heteroatoms. The molecule has 3 aromatic rings. The smallest absolute Gasteiger partial charge is 0.249 e. The fourth-order valence-corrected chi connectivity index (χ4v) is 3.01. The minimum Gasteiger partial charge on any atom is -0.344 e. The van der Waals surface area contributed by atoms with Gasteiger partial charge in [0.2, 0.25) is 17.6 Å². The summed E-state index contributed by atoms with van der Waals surface area (Å²) in [4.78, 5) is 21.4. The number of carbonyl (C=O) groups is 1. The topological polar surface area (TPSA) is 80.9 Å². The number of benzene rings is 1. The van der Waals surface area contributed by atoms with Gasteiger partial charge in [0.05, 0.1) is 5.92 Å². The first kappa shape index (κ1) is 17.4. The Hall–Kier alpha value is -3.02. The molecule has 2 aromatic heterocycles. The van der Waals surface area contributed by atoms with Crippen LogP contribution < -0.4 is 5.32 Å². The summed E-state index contributed by atoms with van der Waals surface area (Å²) in [7, 11) is 0. The molecule has 2 unspecified atom stereocenters. The highest BCUT2D eigenvalue weighted by Crippen LogP contribution is 2.39. The van der Waals surface area contributed by atoms with Gasteiger partial charge in [0, 0.05) is 23.4 Å². The van der Waals surface area contributed by atoms with Crippen molar-refractivity contribution in [3.05, 3.63) is 65.8 Å². The first-order valence-electron chi connectivity index (χ1n) is 9.27. The molecule has 1 fully saturated rings. The normalized spacial score (nSPS) is 15.9. The average molecular weight is 362 g/mol. The third kappa shape index (κ3) is 3.89. The fourth-order valence-electron chi connectivity index (χ4n) is 3.01. The van der Waals surface area contributed by atoms with E-state index in [2.05, 4.69) is 20.4 Å². The number of amides is 1. The van der Waals surface area contributed by atoms with Crippen molar-refractivity contribution < 1.29 is 9.32 Å². The van der Waals surface area contributed by atoms with Crippen molar-refractivity contribution >= 4 is 5.91 Å². The van der Waals surface area contributed by atoms with Crippen LogP contribution >= 0.6 is 0 Å². The van der Waals surface area contributed by atoms with E-state index in [1.165, 1.54) is 12.8 Å². The Morgan fingerprint density at radius 3 is 2.70 bits per heavy atom. The van der Waals surface area contributed by atoms with Gasteiger partial charge in [0.1, 0.15) is 6.04 Å². The van der Waals surface area contributed by atoms with Crippen LogP contribution in [-0.4, -0.2) is 21.0 Å². The molecule has 1 aliphatic carbocycles. The lowest BCUT2D eigenvalue weighted by Gasteiger charge is -2.15. The largest absolute Gasteiger partial charge is 0.344 e. The number of rotatable bonds is 6. The standard InChI is InChI=1S/C21H22N4O2/c1-13(15-6-4-3-5-7-15)20(26)23-14(2)21-24-19(25-27-21)17-10-11-22-18(12-17)16-8-9-16/h3-7,10-14,16H,8-9H2,1-2H3,(H,23,26). The fraction of sp³-hybridized carbons (Fsp3) is 0.333. The van der Waals surface area contributed by atoms with Crippen LogP contribution in [0.25, 0.3) is 11.4 Å². The quantitative estimate of drug-likeness (QED) is 0.717. The SMILES string of the molecule is CC(NC(=O)C(C)c1ccccc1)c1nc(-c2ccnc(C3CC3)c2)no1.